The van der Waals surface area contributed by atoms with Gasteiger partial charge in [0.2, 0.25) is 0 Å². The number of aromatic nitrogens is 1. The van der Waals surface area contributed by atoms with Gasteiger partial charge in [-0.2, -0.15) is 0 Å². The van der Waals surface area contributed by atoms with E-state index in [2.05, 4.69) is 29.8 Å². The van der Waals surface area contributed by atoms with Crippen LogP contribution in [0, 0.1) is 5.92 Å². The van der Waals surface area contributed by atoms with Crippen LogP contribution in [-0.2, 0) is 0 Å². The average Bonchev–Trinajstić information content (AvgIpc) is 2.73. The molecule has 1 aromatic rings. The van der Waals surface area contributed by atoms with Crippen molar-refractivity contribution >= 4 is 0 Å². The van der Waals surface area contributed by atoms with E-state index in [-0.39, 0.29) is 0 Å². The molecule has 2 unspecified atom stereocenters. The maximum absolute atomic E-state index is 5.88. The second-order valence-electron chi connectivity index (χ2n) is 4.85. The molecule has 2 rings (SSSR count). The van der Waals surface area contributed by atoms with E-state index in [1.165, 1.54) is 12.0 Å². The van der Waals surface area contributed by atoms with E-state index in [1.807, 2.05) is 18.5 Å². The zero-order valence-corrected chi connectivity index (χ0v) is 10.1. The van der Waals surface area contributed by atoms with E-state index >= 15 is 0 Å². The summed E-state index contributed by atoms with van der Waals surface area (Å²) in [7, 11) is 0. The third-order valence-electron chi connectivity index (χ3n) is 3.55. The first-order valence-electron chi connectivity index (χ1n) is 6.09. The van der Waals surface area contributed by atoms with Crippen LogP contribution in [0.15, 0.2) is 24.5 Å². The van der Waals surface area contributed by atoms with E-state index in [4.69, 9.17) is 5.73 Å². The first-order valence-corrected chi connectivity index (χ1v) is 6.09. The lowest BCUT2D eigenvalue weighted by molar-refractivity contribution is 0.184. The molecule has 0 aliphatic carbocycles. The summed E-state index contributed by atoms with van der Waals surface area (Å²) in [6.07, 6.45) is 5.01. The number of likely N-dealkylation sites (tertiary alicyclic amines) is 1. The summed E-state index contributed by atoms with van der Waals surface area (Å²) < 4.78 is 0. The summed E-state index contributed by atoms with van der Waals surface area (Å²) in [5.74, 6) is 0.576. The molecule has 0 radical (unpaired) electrons. The van der Waals surface area contributed by atoms with Crippen LogP contribution >= 0.6 is 0 Å². The summed E-state index contributed by atoms with van der Waals surface area (Å²) >= 11 is 0. The second kappa shape index (κ2) is 4.93. The van der Waals surface area contributed by atoms with Gasteiger partial charge in [0.1, 0.15) is 0 Å². The van der Waals surface area contributed by atoms with Crippen LogP contribution in [0.3, 0.4) is 0 Å². The van der Waals surface area contributed by atoms with Crippen molar-refractivity contribution in [2.45, 2.75) is 32.4 Å². The summed E-state index contributed by atoms with van der Waals surface area (Å²) in [6, 6.07) is 5.21. The Labute approximate surface area is 97.7 Å². The Kier molecular flexibility index (Phi) is 3.56. The summed E-state index contributed by atoms with van der Waals surface area (Å²) in [4.78, 5) is 6.76. The molecule has 0 spiro atoms. The Morgan fingerprint density at radius 3 is 2.94 bits per heavy atom. The van der Waals surface area contributed by atoms with Crippen LogP contribution in [0.25, 0.3) is 0 Å². The van der Waals surface area contributed by atoms with Gasteiger partial charge >= 0.3 is 0 Å². The summed E-state index contributed by atoms with van der Waals surface area (Å²) in [5, 5.41) is 0. The standard InChI is InChI=1S/C13H21N3/c1-10(2)16-7-5-11(8-14)13(16)12-4-3-6-15-9-12/h3-4,6,9-11,13H,5,7-8,14H2,1-2H3. The minimum Gasteiger partial charge on any atom is -0.330 e. The molecular formula is C13H21N3. The highest BCUT2D eigenvalue weighted by molar-refractivity contribution is 5.17. The van der Waals surface area contributed by atoms with Crippen molar-refractivity contribution in [3.05, 3.63) is 30.1 Å². The van der Waals surface area contributed by atoms with E-state index in [0.29, 0.717) is 18.0 Å². The maximum Gasteiger partial charge on any atom is 0.0406 e. The van der Waals surface area contributed by atoms with Crippen LogP contribution in [0.4, 0.5) is 0 Å². The second-order valence-corrected chi connectivity index (χ2v) is 4.85. The highest BCUT2D eigenvalue weighted by Gasteiger charge is 2.35. The molecule has 2 N–H and O–H groups in total. The van der Waals surface area contributed by atoms with E-state index < -0.39 is 0 Å². The van der Waals surface area contributed by atoms with Crippen molar-refractivity contribution in [3.63, 3.8) is 0 Å². The van der Waals surface area contributed by atoms with E-state index in [0.717, 1.165) is 13.1 Å². The zero-order chi connectivity index (χ0) is 11.5. The number of nitrogens with two attached hydrogens (primary N) is 1. The highest BCUT2D eigenvalue weighted by Crippen LogP contribution is 2.37. The summed E-state index contributed by atoms with van der Waals surface area (Å²) in [5.41, 5.74) is 7.19. The van der Waals surface area contributed by atoms with Gasteiger partial charge in [-0.05, 0) is 50.9 Å². The lowest BCUT2D eigenvalue weighted by atomic mass is 9.94. The van der Waals surface area contributed by atoms with Crippen molar-refractivity contribution in [1.29, 1.82) is 0 Å². The van der Waals surface area contributed by atoms with Crippen molar-refractivity contribution in [1.82, 2.24) is 9.88 Å². The molecule has 1 fully saturated rings. The fourth-order valence-corrected chi connectivity index (χ4v) is 2.72. The van der Waals surface area contributed by atoms with Gasteiger partial charge in [0.15, 0.2) is 0 Å². The van der Waals surface area contributed by atoms with Gasteiger partial charge in [0.25, 0.3) is 0 Å². The highest BCUT2D eigenvalue weighted by atomic mass is 15.2. The first-order chi connectivity index (χ1) is 7.74. The molecule has 0 saturated carbocycles. The number of nitrogens with zero attached hydrogens (tertiary/aromatic N) is 2. The molecular weight excluding hydrogens is 198 g/mol. The molecule has 1 aliphatic heterocycles. The zero-order valence-electron chi connectivity index (χ0n) is 10.1. The number of hydrogen-bond acceptors (Lipinski definition) is 3. The Bertz CT molecular complexity index is 323. The third-order valence-corrected chi connectivity index (χ3v) is 3.55. The van der Waals surface area contributed by atoms with Crippen LogP contribution in [0.1, 0.15) is 31.9 Å². The molecule has 2 heterocycles. The first kappa shape index (κ1) is 11.6. The van der Waals surface area contributed by atoms with Crippen LogP contribution in [0.5, 0.6) is 0 Å². The van der Waals surface area contributed by atoms with Crippen molar-refractivity contribution in [2.75, 3.05) is 13.1 Å². The minimum atomic E-state index is 0.457. The lowest BCUT2D eigenvalue weighted by Crippen LogP contribution is -2.33. The van der Waals surface area contributed by atoms with Gasteiger partial charge in [-0.15, -0.1) is 0 Å². The third kappa shape index (κ3) is 2.11. The SMILES string of the molecule is CC(C)N1CCC(CN)C1c1cccnc1. The largest absolute Gasteiger partial charge is 0.330 e. The van der Waals surface area contributed by atoms with Gasteiger partial charge in [-0.25, -0.2) is 0 Å². The molecule has 1 saturated heterocycles. The molecule has 3 heteroatoms. The number of rotatable bonds is 3. The minimum absolute atomic E-state index is 0.457. The van der Waals surface area contributed by atoms with Gasteiger partial charge < -0.3 is 5.73 Å². The van der Waals surface area contributed by atoms with Gasteiger partial charge in [-0.1, -0.05) is 6.07 Å². The molecule has 88 valence electrons. The van der Waals surface area contributed by atoms with Crippen molar-refractivity contribution in [2.24, 2.45) is 11.7 Å². The smallest absolute Gasteiger partial charge is 0.0406 e. The Hall–Kier alpha value is -0.930. The maximum atomic E-state index is 5.88. The average molecular weight is 219 g/mol. The monoisotopic (exact) mass is 219 g/mol. The Balaban J connectivity index is 2.26. The van der Waals surface area contributed by atoms with Crippen molar-refractivity contribution < 1.29 is 0 Å². The van der Waals surface area contributed by atoms with Gasteiger partial charge in [0.05, 0.1) is 0 Å². The molecule has 1 aliphatic rings. The van der Waals surface area contributed by atoms with E-state index in [1.54, 1.807) is 0 Å². The van der Waals surface area contributed by atoms with Crippen LogP contribution in [0.2, 0.25) is 0 Å². The molecule has 16 heavy (non-hydrogen) atoms. The van der Waals surface area contributed by atoms with Crippen molar-refractivity contribution in [3.8, 4) is 0 Å². The van der Waals surface area contributed by atoms with E-state index in [9.17, 15) is 0 Å². The van der Waals surface area contributed by atoms with Gasteiger partial charge in [0, 0.05) is 24.5 Å². The molecule has 3 nitrogen and oxygen atoms in total. The molecule has 0 amide bonds. The number of hydrogen-bond donors (Lipinski definition) is 1. The fourth-order valence-electron chi connectivity index (χ4n) is 2.72. The molecule has 1 aromatic heterocycles. The van der Waals surface area contributed by atoms with Gasteiger partial charge in [-0.3, -0.25) is 9.88 Å². The quantitative estimate of drug-likeness (QED) is 0.843. The predicted molar refractivity (Wildman–Crippen MR) is 66.0 cm³/mol. The fraction of sp³-hybridized carbons (Fsp3) is 0.615. The normalized spacial score (nSPS) is 26.5. The molecule has 2 atom stereocenters. The predicted octanol–water partition coefficient (Wildman–Crippen LogP) is 1.81. The topological polar surface area (TPSA) is 42.1 Å². The molecule has 0 bridgehead atoms. The lowest BCUT2D eigenvalue weighted by Gasteiger charge is -2.31. The summed E-state index contributed by atoms with van der Waals surface area (Å²) in [6.45, 7) is 6.42. The van der Waals surface area contributed by atoms with Crippen LogP contribution in [-0.4, -0.2) is 29.0 Å². The van der Waals surface area contributed by atoms with Crippen LogP contribution < -0.4 is 5.73 Å². The Morgan fingerprint density at radius 1 is 1.56 bits per heavy atom. The number of pyridine rings is 1. The Morgan fingerprint density at radius 2 is 2.38 bits per heavy atom. The molecule has 0 aromatic carbocycles.